The number of H-pyrrole nitrogens is 1. The lowest BCUT2D eigenvalue weighted by atomic mass is 10.2. The lowest BCUT2D eigenvalue weighted by Crippen LogP contribution is -2.15. The standard InChI is InChI=1S/C18H20N6O3S/c1-3-4-14-11-16(25)23-18(22-14)21-13-5-7-15(8-6-13)28(26,27)24-17-19-10-9-12(2)20-17/h5-11H,3-4H2,1-2H3,(H,19,20,24)(H2,21,22,23,25). The van der Waals surface area contributed by atoms with Crippen molar-refractivity contribution in [3.05, 3.63) is 64.3 Å². The molecule has 0 atom stereocenters. The number of nitrogens with zero attached hydrogens (tertiary/aromatic N) is 3. The number of anilines is 3. The quantitative estimate of drug-likeness (QED) is 0.555. The van der Waals surface area contributed by atoms with E-state index in [0.717, 1.165) is 6.42 Å². The van der Waals surface area contributed by atoms with Gasteiger partial charge in [0.15, 0.2) is 0 Å². The maximum atomic E-state index is 12.5. The second-order valence-electron chi connectivity index (χ2n) is 6.11. The van der Waals surface area contributed by atoms with Crippen molar-refractivity contribution in [2.24, 2.45) is 0 Å². The van der Waals surface area contributed by atoms with E-state index in [1.807, 2.05) is 6.92 Å². The molecule has 0 aliphatic heterocycles. The highest BCUT2D eigenvalue weighted by Crippen LogP contribution is 2.18. The highest BCUT2D eigenvalue weighted by atomic mass is 32.2. The van der Waals surface area contributed by atoms with Gasteiger partial charge in [0.25, 0.3) is 15.6 Å². The Morgan fingerprint density at radius 3 is 2.54 bits per heavy atom. The summed E-state index contributed by atoms with van der Waals surface area (Å²) in [5.74, 6) is 0.314. The molecule has 0 fully saturated rings. The molecule has 0 aliphatic carbocycles. The van der Waals surface area contributed by atoms with Crippen LogP contribution in [0.25, 0.3) is 0 Å². The van der Waals surface area contributed by atoms with Crippen LogP contribution in [0.2, 0.25) is 0 Å². The molecule has 2 heterocycles. The fourth-order valence-electron chi connectivity index (χ4n) is 2.48. The zero-order valence-electron chi connectivity index (χ0n) is 15.4. The molecular weight excluding hydrogens is 380 g/mol. The summed E-state index contributed by atoms with van der Waals surface area (Å²) in [6.45, 7) is 3.75. The third kappa shape index (κ3) is 4.92. The van der Waals surface area contributed by atoms with Crippen LogP contribution in [0.15, 0.2) is 52.3 Å². The fraction of sp³-hybridized carbons (Fsp3) is 0.222. The highest BCUT2D eigenvalue weighted by Gasteiger charge is 2.15. The van der Waals surface area contributed by atoms with Crippen LogP contribution in [-0.2, 0) is 16.4 Å². The number of nitrogens with one attached hydrogen (secondary N) is 3. The molecule has 0 amide bonds. The zero-order valence-corrected chi connectivity index (χ0v) is 16.2. The summed E-state index contributed by atoms with van der Waals surface area (Å²) in [6, 6.07) is 9.18. The Kier molecular flexibility index (Phi) is 5.69. The largest absolute Gasteiger partial charge is 0.326 e. The molecule has 10 heteroatoms. The van der Waals surface area contributed by atoms with Crippen LogP contribution in [0, 0.1) is 6.92 Å². The first kappa shape index (κ1) is 19.5. The first-order chi connectivity index (χ1) is 13.4. The lowest BCUT2D eigenvalue weighted by Gasteiger charge is -2.09. The third-order valence-electron chi connectivity index (χ3n) is 3.75. The van der Waals surface area contributed by atoms with Gasteiger partial charge in [-0.05, 0) is 43.7 Å². The summed E-state index contributed by atoms with van der Waals surface area (Å²) in [5, 5.41) is 2.97. The monoisotopic (exact) mass is 400 g/mol. The molecular formula is C18H20N6O3S. The SMILES string of the molecule is CCCc1cc(=O)[nH]c(Nc2ccc(S(=O)(=O)Nc3nccc(C)n3)cc2)n1. The van der Waals surface area contributed by atoms with Crippen LogP contribution in [0.5, 0.6) is 0 Å². The van der Waals surface area contributed by atoms with Crippen molar-refractivity contribution in [2.45, 2.75) is 31.6 Å². The first-order valence-corrected chi connectivity index (χ1v) is 10.1. The number of aromatic nitrogens is 4. The van der Waals surface area contributed by atoms with Crippen molar-refractivity contribution in [3.63, 3.8) is 0 Å². The number of aromatic amines is 1. The van der Waals surface area contributed by atoms with Crippen molar-refractivity contribution in [1.29, 1.82) is 0 Å². The van der Waals surface area contributed by atoms with E-state index in [2.05, 4.69) is 30.0 Å². The number of hydrogen-bond acceptors (Lipinski definition) is 7. The van der Waals surface area contributed by atoms with E-state index in [-0.39, 0.29) is 16.4 Å². The Morgan fingerprint density at radius 2 is 1.86 bits per heavy atom. The minimum absolute atomic E-state index is 0.0108. The molecule has 1 aromatic carbocycles. The Morgan fingerprint density at radius 1 is 1.11 bits per heavy atom. The summed E-state index contributed by atoms with van der Waals surface area (Å²) < 4.78 is 27.3. The predicted molar refractivity (Wildman–Crippen MR) is 106 cm³/mol. The number of aryl methyl sites for hydroxylation is 2. The summed E-state index contributed by atoms with van der Waals surface area (Å²) in [5.41, 5.74) is 1.68. The molecule has 146 valence electrons. The Bertz CT molecular complexity index is 1130. The molecule has 0 bridgehead atoms. The topological polar surface area (TPSA) is 130 Å². The normalized spacial score (nSPS) is 11.2. The predicted octanol–water partition coefficient (Wildman–Crippen LogP) is 2.37. The van der Waals surface area contributed by atoms with Gasteiger partial charge < -0.3 is 5.32 Å². The molecule has 9 nitrogen and oxygen atoms in total. The van der Waals surface area contributed by atoms with E-state index in [0.29, 0.717) is 29.4 Å². The van der Waals surface area contributed by atoms with E-state index in [1.54, 1.807) is 25.1 Å². The maximum absolute atomic E-state index is 12.5. The molecule has 0 saturated carbocycles. The number of rotatable bonds is 7. The van der Waals surface area contributed by atoms with Crippen LogP contribution in [0.1, 0.15) is 24.7 Å². The van der Waals surface area contributed by atoms with E-state index >= 15 is 0 Å². The van der Waals surface area contributed by atoms with Crippen LogP contribution < -0.4 is 15.6 Å². The van der Waals surface area contributed by atoms with Gasteiger partial charge in [-0.3, -0.25) is 9.78 Å². The molecule has 0 unspecified atom stereocenters. The van der Waals surface area contributed by atoms with Gasteiger partial charge >= 0.3 is 0 Å². The fourth-order valence-corrected chi connectivity index (χ4v) is 3.43. The summed E-state index contributed by atoms with van der Waals surface area (Å²) in [4.78, 5) is 26.7. The van der Waals surface area contributed by atoms with Gasteiger partial charge in [0.1, 0.15) is 0 Å². The molecule has 3 aromatic rings. The second-order valence-corrected chi connectivity index (χ2v) is 7.79. The lowest BCUT2D eigenvalue weighted by molar-refractivity contribution is 0.601. The zero-order chi connectivity index (χ0) is 20.1. The molecule has 3 N–H and O–H groups in total. The van der Waals surface area contributed by atoms with Crippen LogP contribution in [-0.4, -0.2) is 28.4 Å². The van der Waals surface area contributed by atoms with E-state index in [9.17, 15) is 13.2 Å². The summed E-state index contributed by atoms with van der Waals surface area (Å²) >= 11 is 0. The van der Waals surface area contributed by atoms with Crippen LogP contribution in [0.3, 0.4) is 0 Å². The van der Waals surface area contributed by atoms with Gasteiger partial charge in [-0.15, -0.1) is 0 Å². The van der Waals surface area contributed by atoms with Gasteiger partial charge in [0.2, 0.25) is 11.9 Å². The first-order valence-electron chi connectivity index (χ1n) is 8.65. The summed E-state index contributed by atoms with van der Waals surface area (Å²) in [7, 11) is -3.82. The van der Waals surface area contributed by atoms with Crippen molar-refractivity contribution < 1.29 is 8.42 Å². The van der Waals surface area contributed by atoms with Crippen LogP contribution >= 0.6 is 0 Å². The third-order valence-corrected chi connectivity index (χ3v) is 5.09. The van der Waals surface area contributed by atoms with Gasteiger partial charge in [-0.25, -0.2) is 28.1 Å². The van der Waals surface area contributed by atoms with E-state index < -0.39 is 10.0 Å². The van der Waals surface area contributed by atoms with Gasteiger partial charge in [-0.2, -0.15) is 0 Å². The average Bonchev–Trinajstić information content (AvgIpc) is 2.61. The Balaban J connectivity index is 1.77. The van der Waals surface area contributed by atoms with Crippen molar-refractivity contribution in [3.8, 4) is 0 Å². The highest BCUT2D eigenvalue weighted by molar-refractivity contribution is 7.92. The van der Waals surface area contributed by atoms with Crippen molar-refractivity contribution >= 4 is 27.6 Å². The molecule has 0 aliphatic rings. The molecule has 0 radical (unpaired) electrons. The van der Waals surface area contributed by atoms with Crippen molar-refractivity contribution in [1.82, 2.24) is 19.9 Å². The minimum atomic E-state index is -3.82. The maximum Gasteiger partial charge on any atom is 0.264 e. The van der Waals surface area contributed by atoms with Gasteiger partial charge in [0, 0.05) is 29.3 Å². The Labute approximate surface area is 162 Å². The number of benzene rings is 1. The molecule has 2 aromatic heterocycles. The van der Waals surface area contributed by atoms with Crippen molar-refractivity contribution in [2.75, 3.05) is 10.0 Å². The molecule has 3 rings (SSSR count). The molecule has 28 heavy (non-hydrogen) atoms. The van der Waals surface area contributed by atoms with E-state index in [1.165, 1.54) is 24.4 Å². The van der Waals surface area contributed by atoms with Gasteiger partial charge in [-0.1, -0.05) is 13.3 Å². The van der Waals surface area contributed by atoms with Gasteiger partial charge in [0.05, 0.1) is 4.90 Å². The molecule has 0 saturated heterocycles. The average molecular weight is 400 g/mol. The van der Waals surface area contributed by atoms with E-state index in [4.69, 9.17) is 0 Å². The molecule has 0 spiro atoms. The number of sulfonamides is 1. The smallest absolute Gasteiger partial charge is 0.264 e. The minimum Gasteiger partial charge on any atom is -0.326 e. The summed E-state index contributed by atoms with van der Waals surface area (Å²) in [6.07, 6.45) is 3.05. The van der Waals surface area contributed by atoms with Crippen LogP contribution in [0.4, 0.5) is 17.6 Å². The number of hydrogen-bond donors (Lipinski definition) is 3. The Hall–Kier alpha value is -3.27. The second kappa shape index (κ2) is 8.17.